The van der Waals surface area contributed by atoms with Crippen molar-refractivity contribution in [2.24, 2.45) is 11.7 Å². The summed E-state index contributed by atoms with van der Waals surface area (Å²) in [6.07, 6.45) is 1.06. The minimum atomic E-state index is -0.342. The summed E-state index contributed by atoms with van der Waals surface area (Å²) in [6.45, 7) is 5.65. The first-order valence-electron chi connectivity index (χ1n) is 5.64. The Morgan fingerprint density at radius 3 is 2.38 bits per heavy atom. The molecular weight excluding hydrogens is 226 g/mol. The van der Waals surface area contributed by atoms with Crippen molar-refractivity contribution in [3.63, 3.8) is 0 Å². The molecule has 16 heavy (non-hydrogen) atoms. The fraction of sp³-hybridized carbons (Fsp3) is 0.909. The third kappa shape index (κ3) is 3.61. The standard InChI is InChI=1S/C11H23N3O.ClH/c1-8(2)10(12)11(15)14-6-5-9(7-14)13(3)4;/h8-10H,5-7,12H2,1-4H3;1H/t9?,10-;/m0./s1. The molecule has 0 aromatic heterocycles. The van der Waals surface area contributed by atoms with Crippen molar-refractivity contribution in [2.75, 3.05) is 27.2 Å². The first-order chi connectivity index (χ1) is 6.93. The summed E-state index contributed by atoms with van der Waals surface area (Å²) in [5.74, 6) is 0.324. The second-order valence-electron chi connectivity index (χ2n) is 4.96. The fourth-order valence-electron chi connectivity index (χ4n) is 1.86. The van der Waals surface area contributed by atoms with Gasteiger partial charge in [-0.1, -0.05) is 13.8 Å². The molecule has 1 amide bonds. The Morgan fingerprint density at radius 1 is 1.44 bits per heavy atom. The van der Waals surface area contributed by atoms with Crippen molar-refractivity contribution in [3.05, 3.63) is 0 Å². The highest BCUT2D eigenvalue weighted by Gasteiger charge is 2.30. The van der Waals surface area contributed by atoms with Crippen molar-refractivity contribution in [1.82, 2.24) is 9.80 Å². The van der Waals surface area contributed by atoms with E-state index in [2.05, 4.69) is 19.0 Å². The summed E-state index contributed by atoms with van der Waals surface area (Å²) < 4.78 is 0. The zero-order valence-electron chi connectivity index (χ0n) is 10.6. The summed E-state index contributed by atoms with van der Waals surface area (Å²) in [5.41, 5.74) is 5.86. The van der Waals surface area contributed by atoms with Gasteiger partial charge < -0.3 is 15.5 Å². The van der Waals surface area contributed by atoms with Gasteiger partial charge in [0.15, 0.2) is 0 Å². The molecule has 1 aliphatic rings. The molecule has 96 valence electrons. The Hall–Kier alpha value is -0.320. The van der Waals surface area contributed by atoms with E-state index in [1.165, 1.54) is 0 Å². The minimum absolute atomic E-state index is 0. The van der Waals surface area contributed by atoms with E-state index in [0.717, 1.165) is 19.5 Å². The van der Waals surface area contributed by atoms with Crippen LogP contribution >= 0.6 is 12.4 Å². The number of hydrogen-bond donors (Lipinski definition) is 1. The molecule has 1 saturated heterocycles. The van der Waals surface area contributed by atoms with Crippen LogP contribution in [0.2, 0.25) is 0 Å². The van der Waals surface area contributed by atoms with Crippen LogP contribution in [0.15, 0.2) is 0 Å². The molecule has 4 nitrogen and oxygen atoms in total. The number of hydrogen-bond acceptors (Lipinski definition) is 3. The maximum atomic E-state index is 11.9. The van der Waals surface area contributed by atoms with E-state index in [9.17, 15) is 4.79 Å². The molecule has 1 fully saturated rings. The van der Waals surface area contributed by atoms with Gasteiger partial charge in [-0.05, 0) is 26.4 Å². The average molecular weight is 250 g/mol. The predicted molar refractivity (Wildman–Crippen MR) is 68.7 cm³/mol. The summed E-state index contributed by atoms with van der Waals surface area (Å²) in [5, 5.41) is 0. The van der Waals surface area contributed by atoms with Gasteiger partial charge in [-0.15, -0.1) is 12.4 Å². The third-order valence-corrected chi connectivity index (χ3v) is 3.21. The van der Waals surface area contributed by atoms with Crippen LogP contribution in [0, 0.1) is 5.92 Å². The Balaban J connectivity index is 0.00000225. The number of nitrogens with zero attached hydrogens (tertiary/aromatic N) is 2. The second-order valence-corrected chi connectivity index (χ2v) is 4.96. The maximum Gasteiger partial charge on any atom is 0.239 e. The first-order valence-corrected chi connectivity index (χ1v) is 5.64. The van der Waals surface area contributed by atoms with Gasteiger partial charge >= 0.3 is 0 Å². The third-order valence-electron chi connectivity index (χ3n) is 3.21. The van der Waals surface area contributed by atoms with E-state index >= 15 is 0 Å². The number of amides is 1. The van der Waals surface area contributed by atoms with Crippen molar-refractivity contribution in [2.45, 2.75) is 32.4 Å². The molecule has 2 N–H and O–H groups in total. The van der Waals surface area contributed by atoms with Crippen molar-refractivity contribution < 1.29 is 4.79 Å². The van der Waals surface area contributed by atoms with Gasteiger partial charge in [0, 0.05) is 19.1 Å². The van der Waals surface area contributed by atoms with Crippen molar-refractivity contribution in [3.8, 4) is 0 Å². The lowest BCUT2D eigenvalue weighted by Crippen LogP contribution is -2.46. The molecule has 0 saturated carbocycles. The van der Waals surface area contributed by atoms with Crippen LogP contribution in [-0.2, 0) is 4.79 Å². The number of likely N-dealkylation sites (tertiary alicyclic amines) is 1. The van der Waals surface area contributed by atoms with Crippen LogP contribution in [-0.4, -0.2) is 55.0 Å². The molecule has 0 aromatic carbocycles. The molecular formula is C11H24ClN3O. The Labute approximate surface area is 105 Å². The minimum Gasteiger partial charge on any atom is -0.340 e. The lowest BCUT2D eigenvalue weighted by atomic mass is 10.0. The predicted octanol–water partition coefficient (Wildman–Crippen LogP) is 0.554. The van der Waals surface area contributed by atoms with Gasteiger partial charge in [-0.25, -0.2) is 0 Å². The number of rotatable bonds is 3. The van der Waals surface area contributed by atoms with E-state index < -0.39 is 0 Å². The molecule has 1 rings (SSSR count). The highest BCUT2D eigenvalue weighted by atomic mass is 35.5. The second kappa shape index (κ2) is 6.42. The average Bonchev–Trinajstić information content (AvgIpc) is 2.64. The molecule has 0 aliphatic carbocycles. The topological polar surface area (TPSA) is 49.6 Å². The first kappa shape index (κ1) is 15.7. The molecule has 0 bridgehead atoms. The molecule has 1 heterocycles. The Morgan fingerprint density at radius 2 is 2.00 bits per heavy atom. The fourth-order valence-corrected chi connectivity index (χ4v) is 1.86. The number of carbonyl (C=O) groups excluding carboxylic acids is 1. The van der Waals surface area contributed by atoms with E-state index in [1.807, 2.05) is 18.7 Å². The van der Waals surface area contributed by atoms with Crippen LogP contribution in [0.25, 0.3) is 0 Å². The highest BCUT2D eigenvalue weighted by molar-refractivity contribution is 5.85. The number of nitrogens with two attached hydrogens (primary N) is 1. The number of likely N-dealkylation sites (N-methyl/N-ethyl adjacent to an activating group) is 1. The summed E-state index contributed by atoms with van der Waals surface area (Å²) in [4.78, 5) is 16.0. The molecule has 2 atom stereocenters. The van der Waals surface area contributed by atoms with Crippen LogP contribution in [0.4, 0.5) is 0 Å². The van der Waals surface area contributed by atoms with Gasteiger partial charge in [0.2, 0.25) is 5.91 Å². The molecule has 5 heteroatoms. The molecule has 0 aromatic rings. The van der Waals surface area contributed by atoms with Gasteiger partial charge in [-0.3, -0.25) is 4.79 Å². The normalized spacial score (nSPS) is 22.4. The summed E-state index contributed by atoms with van der Waals surface area (Å²) >= 11 is 0. The SMILES string of the molecule is CC(C)[C@H](N)C(=O)N1CCC(N(C)C)C1.Cl. The van der Waals surface area contributed by atoms with E-state index in [0.29, 0.717) is 6.04 Å². The summed E-state index contributed by atoms with van der Waals surface area (Å²) in [7, 11) is 4.11. The largest absolute Gasteiger partial charge is 0.340 e. The van der Waals surface area contributed by atoms with Gasteiger partial charge in [0.1, 0.15) is 0 Å². The lowest BCUT2D eigenvalue weighted by molar-refractivity contribution is -0.132. The molecule has 0 spiro atoms. The number of halogens is 1. The maximum absolute atomic E-state index is 11.9. The Kier molecular flexibility index (Phi) is 6.30. The van der Waals surface area contributed by atoms with Crippen LogP contribution in [0.5, 0.6) is 0 Å². The quantitative estimate of drug-likeness (QED) is 0.795. The summed E-state index contributed by atoms with van der Waals surface area (Å²) in [6, 6.07) is 0.152. The van der Waals surface area contributed by atoms with Crippen LogP contribution in [0.1, 0.15) is 20.3 Å². The molecule has 1 unspecified atom stereocenters. The van der Waals surface area contributed by atoms with Gasteiger partial charge in [0.05, 0.1) is 6.04 Å². The highest BCUT2D eigenvalue weighted by Crippen LogP contribution is 2.15. The van der Waals surface area contributed by atoms with Crippen LogP contribution in [0.3, 0.4) is 0 Å². The lowest BCUT2D eigenvalue weighted by Gasteiger charge is -2.24. The van der Waals surface area contributed by atoms with Crippen molar-refractivity contribution in [1.29, 1.82) is 0 Å². The van der Waals surface area contributed by atoms with Crippen molar-refractivity contribution >= 4 is 18.3 Å². The molecule has 0 radical (unpaired) electrons. The number of carbonyl (C=O) groups is 1. The van der Waals surface area contributed by atoms with E-state index in [1.54, 1.807) is 0 Å². The van der Waals surface area contributed by atoms with Crippen LogP contribution < -0.4 is 5.73 Å². The smallest absolute Gasteiger partial charge is 0.239 e. The van der Waals surface area contributed by atoms with Gasteiger partial charge in [-0.2, -0.15) is 0 Å². The van der Waals surface area contributed by atoms with Gasteiger partial charge in [0.25, 0.3) is 0 Å². The molecule has 1 aliphatic heterocycles. The zero-order chi connectivity index (χ0) is 11.6. The zero-order valence-corrected chi connectivity index (χ0v) is 11.5. The Bertz CT molecular complexity index is 233. The monoisotopic (exact) mass is 249 g/mol. The van der Waals surface area contributed by atoms with E-state index in [4.69, 9.17) is 5.73 Å². The van der Waals surface area contributed by atoms with E-state index in [-0.39, 0.29) is 30.3 Å².